The van der Waals surface area contributed by atoms with Gasteiger partial charge in [-0.1, -0.05) is 0 Å². The van der Waals surface area contributed by atoms with Gasteiger partial charge in [-0.05, 0) is 31.4 Å². The Morgan fingerprint density at radius 1 is 1.36 bits per heavy atom. The lowest BCUT2D eigenvalue weighted by Crippen LogP contribution is -2.18. The van der Waals surface area contributed by atoms with Gasteiger partial charge < -0.3 is 10.3 Å². The first-order chi connectivity index (χ1) is 9.88. The highest BCUT2D eigenvalue weighted by atomic mass is 35.5. The van der Waals surface area contributed by atoms with Crippen molar-refractivity contribution in [2.24, 2.45) is 12.8 Å². The highest BCUT2D eigenvalue weighted by Gasteiger charge is 2.33. The molecule has 8 heteroatoms. The lowest BCUT2D eigenvalue weighted by atomic mass is 9.97. The lowest BCUT2D eigenvalue weighted by Gasteiger charge is -2.17. The molecule has 0 saturated carbocycles. The maximum Gasteiger partial charge on any atom is 0.433 e. The number of nitrogens with two attached hydrogens (primary N) is 1. The van der Waals surface area contributed by atoms with E-state index in [0.717, 1.165) is 42.9 Å². The number of rotatable bonds is 1. The fraction of sp³-hybridized carbons (Fsp3) is 0.429. The maximum atomic E-state index is 12.8. The third-order valence-corrected chi connectivity index (χ3v) is 3.83. The molecule has 2 heterocycles. The van der Waals surface area contributed by atoms with Gasteiger partial charge in [-0.2, -0.15) is 13.2 Å². The standard InChI is InChI=1S/C14H15F3N4.ClH/c1-21-10-4-2-3-9(18)12(10)20-13(21)8-5-6-19-11(7-8)14(15,16)17;/h5-7,9H,2-4,18H2,1H3;1H/t9-;/m0./s1. The molecule has 0 amide bonds. The van der Waals surface area contributed by atoms with Gasteiger partial charge in [-0.25, -0.2) is 4.98 Å². The maximum absolute atomic E-state index is 12.8. The number of halogens is 4. The summed E-state index contributed by atoms with van der Waals surface area (Å²) in [6, 6.07) is 2.42. The Balaban J connectivity index is 0.00000176. The van der Waals surface area contributed by atoms with Crippen LogP contribution >= 0.6 is 12.4 Å². The third-order valence-electron chi connectivity index (χ3n) is 3.83. The number of fused-ring (bicyclic) bond motifs is 1. The number of pyridine rings is 1. The molecule has 0 aliphatic heterocycles. The zero-order chi connectivity index (χ0) is 15.2. The van der Waals surface area contributed by atoms with Crippen molar-refractivity contribution >= 4 is 12.4 Å². The van der Waals surface area contributed by atoms with Gasteiger partial charge in [-0.15, -0.1) is 12.4 Å². The molecule has 0 bridgehead atoms. The van der Waals surface area contributed by atoms with E-state index < -0.39 is 11.9 Å². The number of alkyl halides is 3. The van der Waals surface area contributed by atoms with Crippen molar-refractivity contribution in [3.05, 3.63) is 35.4 Å². The monoisotopic (exact) mass is 332 g/mol. The van der Waals surface area contributed by atoms with Crippen LogP contribution in [0.3, 0.4) is 0 Å². The Morgan fingerprint density at radius 2 is 2.09 bits per heavy atom. The highest BCUT2D eigenvalue weighted by Crippen LogP contribution is 2.33. The molecular weight excluding hydrogens is 317 g/mol. The summed E-state index contributed by atoms with van der Waals surface area (Å²) < 4.78 is 40.1. The minimum Gasteiger partial charge on any atom is -0.331 e. The first-order valence-corrected chi connectivity index (χ1v) is 6.72. The fourth-order valence-electron chi connectivity index (χ4n) is 2.75. The van der Waals surface area contributed by atoms with E-state index in [4.69, 9.17) is 5.73 Å². The normalized spacial score (nSPS) is 17.8. The van der Waals surface area contributed by atoms with Crippen LogP contribution in [-0.2, 0) is 19.6 Å². The van der Waals surface area contributed by atoms with Crippen LogP contribution in [0, 0.1) is 0 Å². The van der Waals surface area contributed by atoms with Crippen molar-refractivity contribution in [1.29, 1.82) is 0 Å². The smallest absolute Gasteiger partial charge is 0.331 e. The van der Waals surface area contributed by atoms with Crippen molar-refractivity contribution in [2.75, 3.05) is 0 Å². The van der Waals surface area contributed by atoms with Crippen LogP contribution in [0.5, 0.6) is 0 Å². The highest BCUT2D eigenvalue weighted by molar-refractivity contribution is 5.85. The second-order valence-electron chi connectivity index (χ2n) is 5.25. The molecule has 0 radical (unpaired) electrons. The van der Waals surface area contributed by atoms with Crippen LogP contribution in [-0.4, -0.2) is 14.5 Å². The molecule has 0 unspecified atom stereocenters. The number of aromatic nitrogens is 3. The number of imidazole rings is 1. The number of hydrogen-bond acceptors (Lipinski definition) is 3. The van der Waals surface area contributed by atoms with E-state index in [1.54, 1.807) is 0 Å². The molecule has 1 aliphatic carbocycles. The molecule has 4 nitrogen and oxygen atoms in total. The summed E-state index contributed by atoms with van der Waals surface area (Å²) in [6.45, 7) is 0. The van der Waals surface area contributed by atoms with E-state index in [2.05, 4.69) is 9.97 Å². The summed E-state index contributed by atoms with van der Waals surface area (Å²) in [5.74, 6) is 0.505. The van der Waals surface area contributed by atoms with Gasteiger partial charge in [0.25, 0.3) is 0 Å². The molecule has 2 aromatic rings. The van der Waals surface area contributed by atoms with Crippen molar-refractivity contribution in [3.8, 4) is 11.4 Å². The predicted octanol–water partition coefficient (Wildman–Crippen LogP) is 3.26. The van der Waals surface area contributed by atoms with Gasteiger partial charge in [0.05, 0.1) is 5.69 Å². The molecule has 2 aromatic heterocycles. The molecule has 120 valence electrons. The van der Waals surface area contributed by atoms with E-state index in [1.807, 2.05) is 11.6 Å². The zero-order valence-electron chi connectivity index (χ0n) is 11.9. The zero-order valence-corrected chi connectivity index (χ0v) is 12.7. The quantitative estimate of drug-likeness (QED) is 0.872. The molecule has 0 fully saturated rings. The predicted molar refractivity (Wildman–Crippen MR) is 78.6 cm³/mol. The SMILES string of the molecule is Cl.Cn1c(-c2ccnc(C(F)(F)F)c2)nc2c1CCC[C@@H]2N. The van der Waals surface area contributed by atoms with Crippen LogP contribution in [0.2, 0.25) is 0 Å². The van der Waals surface area contributed by atoms with Crippen LogP contribution in [0.15, 0.2) is 18.3 Å². The molecule has 22 heavy (non-hydrogen) atoms. The molecule has 0 aromatic carbocycles. The summed E-state index contributed by atoms with van der Waals surface area (Å²) in [7, 11) is 1.81. The van der Waals surface area contributed by atoms with E-state index in [0.29, 0.717) is 11.4 Å². The van der Waals surface area contributed by atoms with Crippen molar-refractivity contribution in [1.82, 2.24) is 14.5 Å². The topological polar surface area (TPSA) is 56.7 Å². The molecule has 1 atom stereocenters. The van der Waals surface area contributed by atoms with Gasteiger partial charge in [0, 0.05) is 30.5 Å². The van der Waals surface area contributed by atoms with Gasteiger partial charge in [0.1, 0.15) is 11.5 Å². The van der Waals surface area contributed by atoms with Crippen LogP contribution in [0.4, 0.5) is 13.2 Å². The second kappa shape index (κ2) is 5.89. The molecule has 2 N–H and O–H groups in total. The fourth-order valence-corrected chi connectivity index (χ4v) is 2.75. The van der Waals surface area contributed by atoms with Gasteiger partial charge in [-0.3, -0.25) is 4.98 Å². The Bertz CT molecular complexity index is 681. The first kappa shape index (κ1) is 16.8. The Morgan fingerprint density at radius 3 is 2.73 bits per heavy atom. The number of hydrogen-bond donors (Lipinski definition) is 1. The summed E-state index contributed by atoms with van der Waals surface area (Å²) >= 11 is 0. The average molecular weight is 333 g/mol. The van der Waals surface area contributed by atoms with Gasteiger partial charge in [0.2, 0.25) is 0 Å². The second-order valence-corrected chi connectivity index (χ2v) is 5.25. The summed E-state index contributed by atoms with van der Waals surface area (Å²) in [5.41, 5.74) is 7.33. The molecule has 1 aliphatic rings. The Labute approximate surface area is 132 Å². The summed E-state index contributed by atoms with van der Waals surface area (Å²) in [6.07, 6.45) is -0.627. The van der Waals surface area contributed by atoms with E-state index >= 15 is 0 Å². The Hall–Kier alpha value is -1.60. The molecule has 3 rings (SSSR count). The van der Waals surface area contributed by atoms with E-state index in [9.17, 15) is 13.2 Å². The molecule has 0 spiro atoms. The Kier molecular flexibility index (Phi) is 4.49. The minimum atomic E-state index is -4.46. The molecular formula is C14H16ClF3N4. The van der Waals surface area contributed by atoms with Gasteiger partial charge >= 0.3 is 6.18 Å². The van der Waals surface area contributed by atoms with Crippen LogP contribution in [0.1, 0.15) is 36.0 Å². The van der Waals surface area contributed by atoms with Crippen molar-refractivity contribution < 1.29 is 13.2 Å². The van der Waals surface area contributed by atoms with Crippen molar-refractivity contribution in [3.63, 3.8) is 0 Å². The summed E-state index contributed by atoms with van der Waals surface area (Å²) in [5, 5.41) is 0. The molecule has 0 saturated heterocycles. The number of nitrogens with zero attached hydrogens (tertiary/aromatic N) is 3. The van der Waals surface area contributed by atoms with Crippen molar-refractivity contribution in [2.45, 2.75) is 31.5 Å². The third kappa shape index (κ3) is 2.83. The van der Waals surface area contributed by atoms with E-state index in [-0.39, 0.29) is 18.4 Å². The van der Waals surface area contributed by atoms with Crippen LogP contribution < -0.4 is 5.73 Å². The van der Waals surface area contributed by atoms with E-state index in [1.165, 1.54) is 6.07 Å². The first-order valence-electron chi connectivity index (χ1n) is 6.72. The van der Waals surface area contributed by atoms with Crippen LogP contribution in [0.25, 0.3) is 11.4 Å². The lowest BCUT2D eigenvalue weighted by molar-refractivity contribution is -0.141. The average Bonchev–Trinajstić information content (AvgIpc) is 2.77. The largest absolute Gasteiger partial charge is 0.433 e. The van der Waals surface area contributed by atoms with Gasteiger partial charge in [0.15, 0.2) is 0 Å². The summed E-state index contributed by atoms with van der Waals surface area (Å²) in [4.78, 5) is 7.84. The minimum absolute atomic E-state index is 0.